The molecule has 2 aromatic rings. The molecule has 4 rings (SSSR count). The van der Waals surface area contributed by atoms with Gasteiger partial charge in [-0.1, -0.05) is 30.3 Å². The zero-order valence-corrected chi connectivity index (χ0v) is 15.5. The summed E-state index contributed by atoms with van der Waals surface area (Å²) in [5.74, 6) is 2.17. The van der Waals surface area contributed by atoms with Crippen molar-refractivity contribution in [2.75, 3.05) is 26.2 Å². The van der Waals surface area contributed by atoms with Gasteiger partial charge in [-0.2, -0.15) is 0 Å². The number of aromatic nitrogens is 3. The van der Waals surface area contributed by atoms with Gasteiger partial charge in [-0.3, -0.25) is 9.69 Å². The van der Waals surface area contributed by atoms with Crippen molar-refractivity contribution in [2.24, 2.45) is 0 Å². The van der Waals surface area contributed by atoms with Crippen molar-refractivity contribution >= 4 is 5.91 Å². The van der Waals surface area contributed by atoms with Crippen molar-refractivity contribution in [1.82, 2.24) is 24.6 Å². The number of rotatable bonds is 5. The molecule has 3 heterocycles. The largest absolute Gasteiger partial charge is 0.332 e. The third kappa shape index (κ3) is 3.65. The highest BCUT2D eigenvalue weighted by Gasteiger charge is 2.30. The van der Waals surface area contributed by atoms with Crippen LogP contribution in [0.2, 0.25) is 0 Å². The van der Waals surface area contributed by atoms with Crippen molar-refractivity contribution in [3.8, 4) is 0 Å². The predicted molar refractivity (Wildman–Crippen MR) is 99.7 cm³/mol. The quantitative estimate of drug-likeness (QED) is 0.826. The van der Waals surface area contributed by atoms with E-state index >= 15 is 0 Å². The van der Waals surface area contributed by atoms with Gasteiger partial charge in [0.15, 0.2) is 5.82 Å². The minimum Gasteiger partial charge on any atom is -0.332 e. The summed E-state index contributed by atoms with van der Waals surface area (Å²) in [6.07, 6.45) is 4.26. The van der Waals surface area contributed by atoms with Crippen LogP contribution in [0.15, 0.2) is 30.3 Å². The average Bonchev–Trinajstić information content (AvgIpc) is 3.30. The standard InChI is InChI=1S/C20H27N5O/c1-16-13-24(20(26)15-23-11-5-6-12-23)14-19-22-21-18(25(16)19)10-9-17-7-3-2-4-8-17/h2-4,7-8,16H,5-6,9-15H2,1H3/t16-/m0/s1. The number of likely N-dealkylation sites (tertiary alicyclic amines) is 1. The minimum absolute atomic E-state index is 0.221. The molecule has 1 atom stereocenters. The van der Waals surface area contributed by atoms with Crippen LogP contribution < -0.4 is 0 Å². The van der Waals surface area contributed by atoms with Crippen LogP contribution in [-0.4, -0.2) is 56.7 Å². The predicted octanol–water partition coefficient (Wildman–Crippen LogP) is 2.06. The highest BCUT2D eigenvalue weighted by molar-refractivity contribution is 5.78. The fraction of sp³-hybridized carbons (Fsp3) is 0.550. The van der Waals surface area contributed by atoms with E-state index in [1.54, 1.807) is 0 Å². The normalized spacial score (nSPS) is 20.3. The summed E-state index contributed by atoms with van der Waals surface area (Å²) >= 11 is 0. The van der Waals surface area contributed by atoms with Gasteiger partial charge in [-0.05, 0) is 44.8 Å². The summed E-state index contributed by atoms with van der Waals surface area (Å²) in [4.78, 5) is 16.9. The number of carbonyl (C=O) groups is 1. The van der Waals surface area contributed by atoms with Crippen molar-refractivity contribution in [3.05, 3.63) is 47.5 Å². The van der Waals surface area contributed by atoms with Crippen LogP contribution in [0, 0.1) is 0 Å². The lowest BCUT2D eigenvalue weighted by Crippen LogP contribution is -2.45. The summed E-state index contributed by atoms with van der Waals surface area (Å²) in [6.45, 7) is 6.13. The maximum absolute atomic E-state index is 12.7. The van der Waals surface area contributed by atoms with E-state index in [1.807, 2.05) is 11.0 Å². The smallest absolute Gasteiger partial charge is 0.237 e. The molecule has 1 saturated heterocycles. The fourth-order valence-electron chi connectivity index (χ4n) is 4.11. The fourth-order valence-corrected chi connectivity index (χ4v) is 4.11. The zero-order valence-electron chi connectivity index (χ0n) is 15.5. The van der Waals surface area contributed by atoms with Gasteiger partial charge in [0, 0.05) is 13.0 Å². The van der Waals surface area contributed by atoms with Crippen LogP contribution in [-0.2, 0) is 24.2 Å². The number of hydrogen-bond acceptors (Lipinski definition) is 4. The average molecular weight is 353 g/mol. The summed E-state index contributed by atoms with van der Waals surface area (Å²) in [6, 6.07) is 10.7. The Morgan fingerprint density at radius 3 is 2.65 bits per heavy atom. The lowest BCUT2D eigenvalue weighted by atomic mass is 10.1. The molecule has 1 aromatic carbocycles. The molecule has 0 radical (unpaired) electrons. The Bertz CT molecular complexity index is 751. The molecule has 0 aliphatic carbocycles. The van der Waals surface area contributed by atoms with Gasteiger partial charge < -0.3 is 9.47 Å². The Labute approximate surface area is 154 Å². The maximum atomic E-state index is 12.7. The topological polar surface area (TPSA) is 54.3 Å². The number of amides is 1. The lowest BCUT2D eigenvalue weighted by molar-refractivity contribution is -0.134. The molecule has 0 spiro atoms. The van der Waals surface area contributed by atoms with E-state index < -0.39 is 0 Å². The number of carbonyl (C=O) groups excluding carboxylic acids is 1. The molecule has 138 valence electrons. The van der Waals surface area contributed by atoms with Crippen molar-refractivity contribution in [2.45, 2.75) is 45.2 Å². The lowest BCUT2D eigenvalue weighted by Gasteiger charge is -2.33. The third-order valence-corrected chi connectivity index (χ3v) is 5.49. The first-order valence-electron chi connectivity index (χ1n) is 9.67. The second kappa shape index (κ2) is 7.58. The van der Waals surface area contributed by atoms with E-state index in [9.17, 15) is 4.79 Å². The Morgan fingerprint density at radius 1 is 1.12 bits per heavy atom. The van der Waals surface area contributed by atoms with Gasteiger partial charge in [0.1, 0.15) is 5.82 Å². The van der Waals surface area contributed by atoms with Gasteiger partial charge in [-0.15, -0.1) is 10.2 Å². The van der Waals surface area contributed by atoms with E-state index in [2.05, 4.69) is 50.9 Å². The first-order valence-corrected chi connectivity index (χ1v) is 9.67. The molecule has 1 fully saturated rings. The van der Waals surface area contributed by atoms with Crippen molar-refractivity contribution in [3.63, 3.8) is 0 Å². The molecule has 6 nitrogen and oxygen atoms in total. The molecule has 0 unspecified atom stereocenters. The molecule has 2 aliphatic rings. The Balaban J connectivity index is 1.41. The van der Waals surface area contributed by atoms with Gasteiger partial charge in [0.2, 0.25) is 5.91 Å². The molecule has 0 N–H and O–H groups in total. The highest BCUT2D eigenvalue weighted by Crippen LogP contribution is 2.23. The number of benzene rings is 1. The molecule has 1 aromatic heterocycles. The van der Waals surface area contributed by atoms with Gasteiger partial charge in [0.25, 0.3) is 0 Å². The Morgan fingerprint density at radius 2 is 1.88 bits per heavy atom. The second-order valence-electron chi connectivity index (χ2n) is 7.49. The van der Waals surface area contributed by atoms with Crippen LogP contribution in [0.4, 0.5) is 0 Å². The maximum Gasteiger partial charge on any atom is 0.237 e. The van der Waals surface area contributed by atoms with Crippen molar-refractivity contribution in [1.29, 1.82) is 0 Å². The zero-order chi connectivity index (χ0) is 17.9. The summed E-state index contributed by atoms with van der Waals surface area (Å²) in [5, 5.41) is 8.81. The van der Waals surface area contributed by atoms with Gasteiger partial charge in [-0.25, -0.2) is 0 Å². The SMILES string of the molecule is C[C@H]1CN(C(=O)CN2CCCC2)Cc2nnc(CCc3ccccc3)n21. The Hall–Kier alpha value is -2.21. The van der Waals surface area contributed by atoms with Gasteiger partial charge in [0.05, 0.1) is 19.1 Å². The molecular formula is C20H27N5O. The third-order valence-electron chi connectivity index (χ3n) is 5.49. The number of nitrogens with zero attached hydrogens (tertiary/aromatic N) is 5. The van der Waals surface area contributed by atoms with Crippen molar-refractivity contribution < 1.29 is 4.79 Å². The van der Waals surface area contributed by atoms with Crippen LogP contribution in [0.5, 0.6) is 0 Å². The summed E-state index contributed by atoms with van der Waals surface area (Å²) in [5.41, 5.74) is 1.32. The Kier molecular flexibility index (Phi) is 5.02. The minimum atomic E-state index is 0.221. The first-order chi connectivity index (χ1) is 12.7. The first kappa shape index (κ1) is 17.2. The molecule has 1 amide bonds. The molecule has 6 heteroatoms. The number of aryl methyl sites for hydroxylation is 2. The van der Waals surface area contributed by atoms with Crippen LogP contribution in [0.1, 0.15) is 43.0 Å². The molecule has 26 heavy (non-hydrogen) atoms. The van der Waals surface area contributed by atoms with E-state index in [0.29, 0.717) is 13.1 Å². The summed E-state index contributed by atoms with van der Waals surface area (Å²) in [7, 11) is 0. The number of fused-ring (bicyclic) bond motifs is 1. The van der Waals surface area contributed by atoms with Gasteiger partial charge >= 0.3 is 0 Å². The monoisotopic (exact) mass is 353 g/mol. The second-order valence-corrected chi connectivity index (χ2v) is 7.49. The molecule has 0 saturated carbocycles. The van der Waals surface area contributed by atoms with E-state index in [-0.39, 0.29) is 11.9 Å². The van der Waals surface area contributed by atoms with Crippen LogP contribution in [0.25, 0.3) is 0 Å². The van der Waals surface area contributed by atoms with Crippen LogP contribution in [0.3, 0.4) is 0 Å². The van der Waals surface area contributed by atoms with E-state index in [0.717, 1.165) is 44.1 Å². The molecule has 2 aliphatic heterocycles. The number of hydrogen-bond donors (Lipinski definition) is 0. The van der Waals surface area contributed by atoms with E-state index in [4.69, 9.17) is 0 Å². The van der Waals surface area contributed by atoms with E-state index in [1.165, 1.54) is 18.4 Å². The molecule has 0 bridgehead atoms. The summed E-state index contributed by atoms with van der Waals surface area (Å²) < 4.78 is 2.24. The van der Waals surface area contributed by atoms with Crippen LogP contribution >= 0.6 is 0 Å². The molecular weight excluding hydrogens is 326 g/mol. The highest BCUT2D eigenvalue weighted by atomic mass is 16.2.